The summed E-state index contributed by atoms with van der Waals surface area (Å²) in [6.45, 7) is 4.87. The number of urea groups is 1. The van der Waals surface area contributed by atoms with Crippen LogP contribution in [-0.4, -0.2) is 23.0 Å². The van der Waals surface area contributed by atoms with Crippen molar-refractivity contribution >= 4 is 34.3 Å². The van der Waals surface area contributed by atoms with Gasteiger partial charge in [-0.25, -0.2) is 9.69 Å². The number of nitrogens with zero attached hydrogens (tertiary/aromatic N) is 2. The SMILES string of the molecule is Cc1ccc(NC(=O)N(C2=NC[C@H](C)S2)c2ccccc2)cc1. The second kappa shape index (κ2) is 6.87. The number of hydrogen-bond acceptors (Lipinski definition) is 3. The maximum Gasteiger partial charge on any atom is 0.332 e. The van der Waals surface area contributed by atoms with E-state index in [9.17, 15) is 4.79 Å². The van der Waals surface area contributed by atoms with Gasteiger partial charge in [0.1, 0.15) is 0 Å². The van der Waals surface area contributed by atoms with Crippen molar-refractivity contribution in [2.45, 2.75) is 19.1 Å². The van der Waals surface area contributed by atoms with E-state index in [1.165, 1.54) is 0 Å². The molecule has 0 aromatic heterocycles. The van der Waals surface area contributed by atoms with Gasteiger partial charge in [0.25, 0.3) is 0 Å². The Morgan fingerprint density at radius 1 is 1.17 bits per heavy atom. The van der Waals surface area contributed by atoms with Crippen LogP contribution in [-0.2, 0) is 0 Å². The number of rotatable bonds is 2. The molecule has 2 aromatic rings. The maximum absolute atomic E-state index is 12.8. The Balaban J connectivity index is 1.86. The van der Waals surface area contributed by atoms with E-state index in [4.69, 9.17) is 0 Å². The highest BCUT2D eigenvalue weighted by atomic mass is 32.2. The van der Waals surface area contributed by atoms with Crippen molar-refractivity contribution in [1.29, 1.82) is 0 Å². The fourth-order valence-corrected chi connectivity index (χ4v) is 3.24. The van der Waals surface area contributed by atoms with Crippen LogP contribution in [0.1, 0.15) is 12.5 Å². The number of amidine groups is 1. The lowest BCUT2D eigenvalue weighted by Gasteiger charge is -2.22. The number of benzene rings is 2. The highest BCUT2D eigenvalue weighted by Gasteiger charge is 2.27. The molecule has 2 aromatic carbocycles. The number of amides is 2. The quantitative estimate of drug-likeness (QED) is 0.882. The molecule has 2 amide bonds. The standard InChI is InChI=1S/C18H19N3OS/c1-13-8-10-15(11-9-13)20-17(22)21(16-6-4-3-5-7-16)18-19-12-14(2)23-18/h3-11,14H,12H2,1-2H3,(H,20,22)/t14-/m0/s1. The van der Waals surface area contributed by atoms with Crippen LogP contribution >= 0.6 is 11.8 Å². The molecule has 0 bridgehead atoms. The molecular formula is C18H19N3OS. The normalized spacial score (nSPS) is 16.8. The lowest BCUT2D eigenvalue weighted by atomic mass is 10.2. The van der Waals surface area contributed by atoms with E-state index in [0.29, 0.717) is 5.25 Å². The number of aliphatic imine (C=N–C) groups is 1. The maximum atomic E-state index is 12.8. The van der Waals surface area contributed by atoms with Crippen LogP contribution in [0.3, 0.4) is 0 Å². The highest BCUT2D eigenvalue weighted by Crippen LogP contribution is 2.27. The monoisotopic (exact) mass is 325 g/mol. The average molecular weight is 325 g/mol. The van der Waals surface area contributed by atoms with E-state index in [0.717, 1.165) is 28.7 Å². The molecule has 23 heavy (non-hydrogen) atoms. The van der Waals surface area contributed by atoms with Crippen molar-refractivity contribution in [3.05, 3.63) is 60.2 Å². The topological polar surface area (TPSA) is 44.7 Å². The van der Waals surface area contributed by atoms with Gasteiger partial charge in [-0.3, -0.25) is 4.99 Å². The van der Waals surface area contributed by atoms with E-state index >= 15 is 0 Å². The van der Waals surface area contributed by atoms with E-state index in [2.05, 4.69) is 17.2 Å². The highest BCUT2D eigenvalue weighted by molar-refractivity contribution is 8.15. The summed E-state index contributed by atoms with van der Waals surface area (Å²) in [5.41, 5.74) is 2.75. The number of hydrogen-bond donors (Lipinski definition) is 1. The zero-order valence-corrected chi connectivity index (χ0v) is 14.0. The zero-order chi connectivity index (χ0) is 16.2. The van der Waals surface area contributed by atoms with Crippen molar-refractivity contribution in [3.8, 4) is 0 Å². The first kappa shape index (κ1) is 15.6. The first-order chi connectivity index (χ1) is 11.1. The fourth-order valence-electron chi connectivity index (χ4n) is 2.29. The predicted octanol–water partition coefficient (Wildman–Crippen LogP) is 4.52. The predicted molar refractivity (Wildman–Crippen MR) is 98.5 cm³/mol. The van der Waals surface area contributed by atoms with Crippen LogP contribution < -0.4 is 10.2 Å². The number of carbonyl (C=O) groups excluding carboxylic acids is 1. The molecule has 1 aliphatic heterocycles. The van der Waals surface area contributed by atoms with Crippen LogP contribution in [0.5, 0.6) is 0 Å². The Labute approximate surface area is 140 Å². The van der Waals surface area contributed by atoms with Gasteiger partial charge in [-0.1, -0.05) is 54.6 Å². The van der Waals surface area contributed by atoms with Gasteiger partial charge in [0.15, 0.2) is 5.17 Å². The van der Waals surface area contributed by atoms with E-state index in [1.807, 2.05) is 61.5 Å². The van der Waals surface area contributed by atoms with Crippen LogP contribution in [0.2, 0.25) is 0 Å². The van der Waals surface area contributed by atoms with Crippen molar-refractivity contribution in [1.82, 2.24) is 0 Å². The molecule has 5 heteroatoms. The Hall–Kier alpha value is -2.27. The summed E-state index contributed by atoms with van der Waals surface area (Å²) < 4.78 is 0. The first-order valence-corrected chi connectivity index (χ1v) is 8.45. The molecule has 3 rings (SSSR count). The van der Waals surface area contributed by atoms with Crippen LogP contribution in [0.15, 0.2) is 59.6 Å². The Morgan fingerprint density at radius 2 is 1.87 bits per heavy atom. The molecular weight excluding hydrogens is 306 g/mol. The second-order valence-corrected chi connectivity index (χ2v) is 6.92. The van der Waals surface area contributed by atoms with Gasteiger partial charge in [-0.05, 0) is 31.2 Å². The Morgan fingerprint density at radius 3 is 2.48 bits per heavy atom. The number of thioether (sulfide) groups is 1. The summed E-state index contributed by atoms with van der Waals surface area (Å²) in [6.07, 6.45) is 0. The minimum absolute atomic E-state index is 0.194. The largest absolute Gasteiger partial charge is 0.332 e. The summed E-state index contributed by atoms with van der Waals surface area (Å²) in [4.78, 5) is 19.0. The van der Waals surface area contributed by atoms with Gasteiger partial charge in [0, 0.05) is 10.9 Å². The number of aryl methyl sites for hydroxylation is 1. The number of para-hydroxylation sites is 1. The average Bonchev–Trinajstić information content (AvgIpc) is 2.97. The van der Waals surface area contributed by atoms with Gasteiger partial charge in [0.2, 0.25) is 0 Å². The summed E-state index contributed by atoms with van der Waals surface area (Å²) in [7, 11) is 0. The van der Waals surface area contributed by atoms with Crippen molar-refractivity contribution < 1.29 is 4.79 Å². The van der Waals surface area contributed by atoms with Crippen LogP contribution in [0.25, 0.3) is 0 Å². The molecule has 1 atom stereocenters. The molecule has 1 N–H and O–H groups in total. The molecule has 0 saturated heterocycles. The Kier molecular flexibility index (Phi) is 4.67. The number of anilines is 2. The molecule has 118 valence electrons. The third kappa shape index (κ3) is 3.74. The number of carbonyl (C=O) groups is 1. The molecule has 1 aliphatic rings. The van der Waals surface area contributed by atoms with Crippen LogP contribution in [0.4, 0.5) is 16.2 Å². The number of nitrogens with one attached hydrogen (secondary N) is 1. The first-order valence-electron chi connectivity index (χ1n) is 7.57. The summed E-state index contributed by atoms with van der Waals surface area (Å²) >= 11 is 1.62. The van der Waals surface area contributed by atoms with Crippen LogP contribution in [0, 0.1) is 6.92 Å². The van der Waals surface area contributed by atoms with Gasteiger partial charge in [-0.15, -0.1) is 0 Å². The van der Waals surface area contributed by atoms with Gasteiger partial charge < -0.3 is 5.32 Å². The van der Waals surface area contributed by atoms with Crippen molar-refractivity contribution in [3.63, 3.8) is 0 Å². The van der Waals surface area contributed by atoms with E-state index < -0.39 is 0 Å². The van der Waals surface area contributed by atoms with Crippen molar-refractivity contribution in [2.24, 2.45) is 4.99 Å². The summed E-state index contributed by atoms with van der Waals surface area (Å²) in [5, 5.41) is 4.09. The Bertz CT molecular complexity index is 713. The lowest BCUT2D eigenvalue weighted by molar-refractivity contribution is 0.259. The lowest BCUT2D eigenvalue weighted by Crippen LogP contribution is -2.38. The zero-order valence-electron chi connectivity index (χ0n) is 13.2. The third-order valence-corrected chi connectivity index (χ3v) is 4.58. The molecule has 0 spiro atoms. The van der Waals surface area contributed by atoms with Gasteiger partial charge >= 0.3 is 6.03 Å². The molecule has 0 radical (unpaired) electrons. The fraction of sp³-hybridized carbons (Fsp3) is 0.222. The molecule has 0 fully saturated rings. The van der Waals surface area contributed by atoms with E-state index in [-0.39, 0.29) is 6.03 Å². The molecule has 1 heterocycles. The van der Waals surface area contributed by atoms with Gasteiger partial charge in [-0.2, -0.15) is 0 Å². The molecule has 4 nitrogen and oxygen atoms in total. The summed E-state index contributed by atoms with van der Waals surface area (Å²) in [5.74, 6) is 0. The van der Waals surface area contributed by atoms with Crippen molar-refractivity contribution in [2.75, 3.05) is 16.8 Å². The second-order valence-electron chi connectivity index (χ2n) is 5.52. The minimum Gasteiger partial charge on any atom is -0.307 e. The van der Waals surface area contributed by atoms with E-state index in [1.54, 1.807) is 16.7 Å². The molecule has 0 aliphatic carbocycles. The minimum atomic E-state index is -0.194. The third-order valence-electron chi connectivity index (χ3n) is 3.50. The molecule has 0 saturated carbocycles. The molecule has 0 unspecified atom stereocenters. The smallest absolute Gasteiger partial charge is 0.307 e. The van der Waals surface area contributed by atoms with Gasteiger partial charge in [0.05, 0.1) is 12.2 Å². The summed E-state index contributed by atoms with van der Waals surface area (Å²) in [6, 6.07) is 17.2.